The van der Waals surface area contributed by atoms with Crippen LogP contribution in [0.1, 0.15) is 11.1 Å². The molecule has 4 heteroatoms. The van der Waals surface area contributed by atoms with E-state index >= 15 is 0 Å². The highest BCUT2D eigenvalue weighted by atomic mass is 16.5. The van der Waals surface area contributed by atoms with Crippen molar-refractivity contribution in [3.8, 4) is 11.5 Å². The van der Waals surface area contributed by atoms with E-state index < -0.39 is 0 Å². The van der Waals surface area contributed by atoms with Crippen molar-refractivity contribution in [1.29, 1.82) is 0 Å². The number of ether oxygens (including phenoxy) is 2. The Kier molecular flexibility index (Phi) is 4.26. The first-order chi connectivity index (χ1) is 9.22. The molecule has 0 saturated heterocycles. The molecule has 0 aliphatic carbocycles. The standard InChI is InChI=1S/C15H18N2O2/c1-11-3-8-15(18-2)12(9-11)10-19-14-6-4-13(17-16)5-7-14/h3-9,17H,10,16H2,1-2H3. The van der Waals surface area contributed by atoms with Crippen molar-refractivity contribution in [2.24, 2.45) is 5.84 Å². The molecular formula is C15H18N2O2. The van der Waals surface area contributed by atoms with Crippen LogP contribution in [0.3, 0.4) is 0 Å². The fourth-order valence-electron chi connectivity index (χ4n) is 1.83. The third kappa shape index (κ3) is 3.39. The zero-order valence-electron chi connectivity index (χ0n) is 11.1. The van der Waals surface area contributed by atoms with E-state index in [4.69, 9.17) is 15.3 Å². The summed E-state index contributed by atoms with van der Waals surface area (Å²) in [7, 11) is 1.66. The Hall–Kier alpha value is -2.20. The molecule has 0 aliphatic rings. The molecule has 3 N–H and O–H groups in total. The summed E-state index contributed by atoms with van der Waals surface area (Å²) in [6, 6.07) is 13.5. The first-order valence-electron chi connectivity index (χ1n) is 6.06. The molecule has 19 heavy (non-hydrogen) atoms. The number of methoxy groups -OCH3 is 1. The highest BCUT2D eigenvalue weighted by Crippen LogP contribution is 2.22. The predicted octanol–water partition coefficient (Wildman–Crippen LogP) is 2.87. The van der Waals surface area contributed by atoms with E-state index in [1.807, 2.05) is 43.3 Å². The maximum absolute atomic E-state index is 5.74. The number of nitrogen functional groups attached to an aromatic ring is 1. The molecule has 4 nitrogen and oxygen atoms in total. The van der Waals surface area contributed by atoms with Gasteiger partial charge in [0.25, 0.3) is 0 Å². The topological polar surface area (TPSA) is 56.5 Å². The molecule has 0 amide bonds. The Labute approximate surface area is 113 Å². The SMILES string of the molecule is COc1ccc(C)cc1COc1ccc(NN)cc1. The number of rotatable bonds is 5. The van der Waals surface area contributed by atoms with Gasteiger partial charge in [-0.3, -0.25) is 5.84 Å². The molecule has 2 rings (SSSR count). The molecule has 0 saturated carbocycles. The van der Waals surface area contributed by atoms with E-state index in [9.17, 15) is 0 Å². The Morgan fingerprint density at radius 2 is 1.84 bits per heavy atom. The molecule has 0 spiro atoms. The van der Waals surface area contributed by atoms with Gasteiger partial charge in [-0.15, -0.1) is 0 Å². The minimum absolute atomic E-state index is 0.472. The number of nitrogens with two attached hydrogens (primary N) is 1. The highest BCUT2D eigenvalue weighted by Gasteiger charge is 2.04. The van der Waals surface area contributed by atoms with Gasteiger partial charge < -0.3 is 14.9 Å². The molecule has 0 bridgehead atoms. The van der Waals surface area contributed by atoms with Crippen LogP contribution in [0, 0.1) is 6.92 Å². The van der Waals surface area contributed by atoms with Crippen molar-refractivity contribution in [1.82, 2.24) is 0 Å². The zero-order valence-corrected chi connectivity index (χ0v) is 11.1. The number of hydrogen-bond donors (Lipinski definition) is 2. The second-order valence-electron chi connectivity index (χ2n) is 4.27. The van der Waals surface area contributed by atoms with Crippen LogP contribution in [-0.4, -0.2) is 7.11 Å². The van der Waals surface area contributed by atoms with Crippen molar-refractivity contribution in [3.63, 3.8) is 0 Å². The van der Waals surface area contributed by atoms with Crippen LogP contribution < -0.4 is 20.7 Å². The van der Waals surface area contributed by atoms with Gasteiger partial charge in [0.05, 0.1) is 7.11 Å². The number of nitrogens with one attached hydrogen (secondary N) is 1. The van der Waals surface area contributed by atoms with E-state index in [2.05, 4.69) is 11.5 Å². The maximum atomic E-state index is 5.74. The highest BCUT2D eigenvalue weighted by molar-refractivity contribution is 5.45. The van der Waals surface area contributed by atoms with Crippen molar-refractivity contribution in [2.45, 2.75) is 13.5 Å². The van der Waals surface area contributed by atoms with E-state index in [-0.39, 0.29) is 0 Å². The lowest BCUT2D eigenvalue weighted by Gasteiger charge is -2.11. The number of anilines is 1. The molecule has 2 aromatic rings. The van der Waals surface area contributed by atoms with E-state index in [1.165, 1.54) is 5.56 Å². The van der Waals surface area contributed by atoms with E-state index in [0.717, 1.165) is 22.7 Å². The Balaban J connectivity index is 2.07. The van der Waals surface area contributed by atoms with Crippen LogP contribution in [0.4, 0.5) is 5.69 Å². The van der Waals surface area contributed by atoms with Gasteiger partial charge in [-0.2, -0.15) is 0 Å². The number of benzene rings is 2. The molecule has 0 radical (unpaired) electrons. The molecule has 0 heterocycles. The van der Waals surface area contributed by atoms with Gasteiger partial charge in [-0.1, -0.05) is 11.6 Å². The third-order valence-corrected chi connectivity index (χ3v) is 2.85. The van der Waals surface area contributed by atoms with Crippen molar-refractivity contribution in [3.05, 3.63) is 53.6 Å². The summed E-state index contributed by atoms with van der Waals surface area (Å²) < 4.78 is 11.1. The summed E-state index contributed by atoms with van der Waals surface area (Å²) in [5.74, 6) is 6.94. The molecule has 0 aliphatic heterocycles. The molecule has 0 aromatic heterocycles. The minimum atomic E-state index is 0.472. The van der Waals surface area contributed by atoms with Gasteiger partial charge in [-0.25, -0.2) is 0 Å². The fourth-order valence-corrected chi connectivity index (χ4v) is 1.83. The summed E-state index contributed by atoms with van der Waals surface area (Å²) in [6.07, 6.45) is 0. The van der Waals surface area contributed by atoms with Gasteiger partial charge in [0.2, 0.25) is 0 Å². The summed E-state index contributed by atoms with van der Waals surface area (Å²) in [5.41, 5.74) is 5.64. The normalized spacial score (nSPS) is 10.1. The second-order valence-corrected chi connectivity index (χ2v) is 4.27. The molecular weight excluding hydrogens is 240 g/mol. The zero-order chi connectivity index (χ0) is 13.7. The summed E-state index contributed by atoms with van der Waals surface area (Å²) >= 11 is 0. The second kappa shape index (κ2) is 6.11. The quantitative estimate of drug-likeness (QED) is 0.639. The van der Waals surface area contributed by atoms with Gasteiger partial charge in [0.15, 0.2) is 0 Å². The maximum Gasteiger partial charge on any atom is 0.125 e. The number of aryl methyl sites for hydroxylation is 1. The predicted molar refractivity (Wildman–Crippen MR) is 76.3 cm³/mol. The van der Waals surface area contributed by atoms with Crippen molar-refractivity contribution >= 4 is 5.69 Å². The Bertz CT molecular complexity index is 538. The smallest absolute Gasteiger partial charge is 0.125 e. The first-order valence-corrected chi connectivity index (χ1v) is 6.06. The minimum Gasteiger partial charge on any atom is -0.496 e. The molecule has 0 atom stereocenters. The van der Waals surface area contributed by atoms with Gasteiger partial charge in [-0.05, 0) is 43.3 Å². The summed E-state index contributed by atoms with van der Waals surface area (Å²) in [4.78, 5) is 0. The molecule has 100 valence electrons. The van der Waals surface area contributed by atoms with Gasteiger partial charge >= 0.3 is 0 Å². The summed E-state index contributed by atoms with van der Waals surface area (Å²) in [5, 5.41) is 0. The largest absolute Gasteiger partial charge is 0.496 e. The van der Waals surface area contributed by atoms with E-state index in [1.54, 1.807) is 7.11 Å². The van der Waals surface area contributed by atoms with Crippen LogP contribution in [0.15, 0.2) is 42.5 Å². The van der Waals surface area contributed by atoms with E-state index in [0.29, 0.717) is 6.61 Å². The number of hydrazine groups is 1. The van der Waals surface area contributed by atoms with Crippen LogP contribution in [0.2, 0.25) is 0 Å². The average molecular weight is 258 g/mol. The number of hydrogen-bond acceptors (Lipinski definition) is 4. The first kappa shape index (κ1) is 13.2. The van der Waals surface area contributed by atoms with Crippen LogP contribution in [-0.2, 0) is 6.61 Å². The molecule has 0 unspecified atom stereocenters. The molecule has 0 fully saturated rings. The third-order valence-electron chi connectivity index (χ3n) is 2.85. The van der Waals surface area contributed by atoms with Crippen LogP contribution in [0.5, 0.6) is 11.5 Å². The van der Waals surface area contributed by atoms with Gasteiger partial charge in [0, 0.05) is 11.3 Å². The van der Waals surface area contributed by atoms with Crippen LogP contribution >= 0.6 is 0 Å². The summed E-state index contributed by atoms with van der Waals surface area (Å²) in [6.45, 7) is 2.52. The lowest BCUT2D eigenvalue weighted by atomic mass is 10.1. The average Bonchev–Trinajstić information content (AvgIpc) is 2.46. The lowest BCUT2D eigenvalue weighted by molar-refractivity contribution is 0.296. The van der Waals surface area contributed by atoms with Gasteiger partial charge in [0.1, 0.15) is 18.1 Å². The fraction of sp³-hybridized carbons (Fsp3) is 0.200. The van der Waals surface area contributed by atoms with Crippen molar-refractivity contribution < 1.29 is 9.47 Å². The lowest BCUT2D eigenvalue weighted by Crippen LogP contribution is -2.06. The van der Waals surface area contributed by atoms with Crippen LogP contribution in [0.25, 0.3) is 0 Å². The Morgan fingerprint density at radius 3 is 2.47 bits per heavy atom. The van der Waals surface area contributed by atoms with Crippen molar-refractivity contribution in [2.75, 3.05) is 12.5 Å². The molecule has 2 aromatic carbocycles. The Morgan fingerprint density at radius 1 is 1.11 bits per heavy atom. The monoisotopic (exact) mass is 258 g/mol.